The maximum atomic E-state index is 12.4. The Morgan fingerprint density at radius 1 is 0.468 bits per heavy atom. The Labute approximate surface area is 291 Å². The van der Waals surface area contributed by atoms with Crippen LogP contribution in [0.1, 0.15) is 219 Å². The molecule has 47 heavy (non-hydrogen) atoms. The molecule has 0 bridgehead atoms. The summed E-state index contributed by atoms with van der Waals surface area (Å²) in [4.78, 5) is 33.6. The molecule has 0 aromatic rings. The first-order chi connectivity index (χ1) is 23.0. The van der Waals surface area contributed by atoms with E-state index in [0.29, 0.717) is 6.42 Å². The Balaban J connectivity index is 3.78. The molecule has 0 rings (SSSR count). The van der Waals surface area contributed by atoms with E-state index in [4.69, 9.17) is 18.9 Å². The molecule has 0 aromatic carbocycles. The number of esters is 2. The number of hydrogen-bond acceptors (Lipinski definition) is 6. The van der Waals surface area contributed by atoms with Gasteiger partial charge in [0.15, 0.2) is 6.10 Å². The molecule has 0 heterocycles. The number of unbranched alkanes of at least 4 members (excludes halogenated alkanes) is 28. The topological polar surface area (TPSA) is 99.1 Å². The predicted octanol–water partition coefficient (Wildman–Crippen LogP) is 12.4. The molecule has 0 amide bonds. The van der Waals surface area contributed by atoms with Crippen LogP contribution in [0.2, 0.25) is 0 Å². The van der Waals surface area contributed by atoms with Crippen molar-refractivity contribution in [2.45, 2.75) is 225 Å². The van der Waals surface area contributed by atoms with Gasteiger partial charge >= 0.3 is 20.2 Å². The summed E-state index contributed by atoms with van der Waals surface area (Å²) in [6.45, 7) is 4.11. The van der Waals surface area contributed by atoms with E-state index in [9.17, 15) is 14.2 Å². The highest BCUT2D eigenvalue weighted by atomic mass is 31.1. The van der Waals surface area contributed by atoms with Crippen molar-refractivity contribution in [3.63, 3.8) is 0 Å². The summed E-state index contributed by atoms with van der Waals surface area (Å²) in [6.07, 6.45) is 37.7. The van der Waals surface area contributed by atoms with Crippen LogP contribution in [-0.4, -0.2) is 36.1 Å². The quantitative estimate of drug-likeness (QED) is 0.0391. The highest BCUT2D eigenvalue weighted by molar-refractivity contribution is 7.32. The second kappa shape index (κ2) is 37.9. The van der Waals surface area contributed by atoms with E-state index in [2.05, 4.69) is 13.8 Å². The molecule has 0 aromatic heterocycles. The van der Waals surface area contributed by atoms with Crippen molar-refractivity contribution >= 4 is 20.2 Å². The summed E-state index contributed by atoms with van der Waals surface area (Å²) in [6, 6.07) is 0. The third-order valence-electron chi connectivity index (χ3n) is 9.09. The molecule has 0 saturated heterocycles. The lowest BCUT2D eigenvalue weighted by molar-refractivity contribution is -0.161. The summed E-state index contributed by atoms with van der Waals surface area (Å²) < 4.78 is 26.6. The molecular formula is C39H77O7P. The van der Waals surface area contributed by atoms with Crippen LogP contribution in [0, 0.1) is 0 Å². The van der Waals surface area contributed by atoms with Crippen LogP contribution in [0.15, 0.2) is 0 Å². The molecule has 0 aliphatic rings. The summed E-state index contributed by atoms with van der Waals surface area (Å²) in [5.41, 5.74) is 0. The monoisotopic (exact) mass is 689 g/mol. The van der Waals surface area contributed by atoms with E-state index in [1.807, 2.05) is 0 Å². The minimum absolute atomic E-state index is 0.155. The largest absolute Gasteiger partial charge is 0.462 e. The molecule has 280 valence electrons. The molecule has 0 aliphatic carbocycles. The van der Waals surface area contributed by atoms with E-state index in [1.165, 1.54) is 154 Å². The van der Waals surface area contributed by atoms with Gasteiger partial charge in [0.05, 0.1) is 6.61 Å². The summed E-state index contributed by atoms with van der Waals surface area (Å²) >= 11 is 0. The van der Waals surface area contributed by atoms with Crippen molar-refractivity contribution in [1.82, 2.24) is 0 Å². The molecule has 1 unspecified atom stereocenters. The molecule has 8 heteroatoms. The SMILES string of the molecule is CCCCCCCCCCCCCCCCCC(=O)OC[C@@H](CO[PH](=O)O)OC(=O)CCCCCCCCCCCCCCCCC. The molecule has 0 saturated carbocycles. The molecule has 0 radical (unpaired) electrons. The Morgan fingerprint density at radius 3 is 1.09 bits per heavy atom. The van der Waals surface area contributed by atoms with Crippen LogP contribution < -0.4 is 0 Å². The van der Waals surface area contributed by atoms with Gasteiger partial charge in [-0.3, -0.25) is 14.2 Å². The fraction of sp³-hybridized carbons (Fsp3) is 0.949. The third-order valence-corrected chi connectivity index (χ3v) is 9.50. The Hall–Kier alpha value is -0.910. The van der Waals surface area contributed by atoms with Gasteiger partial charge in [-0.15, -0.1) is 0 Å². The van der Waals surface area contributed by atoms with Crippen molar-refractivity contribution in [3.05, 3.63) is 0 Å². The highest BCUT2D eigenvalue weighted by Crippen LogP contribution is 2.18. The van der Waals surface area contributed by atoms with Crippen molar-refractivity contribution in [2.75, 3.05) is 13.2 Å². The standard InChI is InChI=1S/C39H77O7P/c1-3-5-7-9-11-13-15-17-19-21-23-25-27-29-31-33-38(40)44-35-37(36-45-47(42)43)46-39(41)34-32-30-28-26-24-22-20-18-16-14-12-10-8-6-4-2/h37,47H,3-36H2,1-2H3,(H,42,43)/t37-/m0/s1. The van der Waals surface area contributed by atoms with Gasteiger partial charge in [0, 0.05) is 12.8 Å². The van der Waals surface area contributed by atoms with Gasteiger partial charge in [0.1, 0.15) is 6.61 Å². The minimum Gasteiger partial charge on any atom is -0.462 e. The maximum Gasteiger partial charge on any atom is 0.316 e. The first-order valence-electron chi connectivity index (χ1n) is 20.2. The smallest absolute Gasteiger partial charge is 0.316 e. The lowest BCUT2D eigenvalue weighted by atomic mass is 10.0. The summed E-state index contributed by atoms with van der Waals surface area (Å²) in [5, 5.41) is 0. The van der Waals surface area contributed by atoms with Gasteiger partial charge in [-0.05, 0) is 12.8 Å². The molecule has 1 N–H and O–H groups in total. The van der Waals surface area contributed by atoms with Gasteiger partial charge in [0.2, 0.25) is 0 Å². The zero-order valence-corrected chi connectivity index (χ0v) is 32.0. The van der Waals surface area contributed by atoms with E-state index < -0.39 is 14.4 Å². The van der Waals surface area contributed by atoms with Gasteiger partial charge in [-0.2, -0.15) is 0 Å². The first-order valence-corrected chi connectivity index (χ1v) is 21.5. The van der Waals surface area contributed by atoms with Gasteiger partial charge in [-0.1, -0.05) is 194 Å². The number of carbonyl (C=O) groups excluding carboxylic acids is 2. The minimum atomic E-state index is -3.16. The highest BCUT2D eigenvalue weighted by Gasteiger charge is 2.18. The Kier molecular flexibility index (Phi) is 37.2. The lowest BCUT2D eigenvalue weighted by Gasteiger charge is -2.17. The lowest BCUT2D eigenvalue weighted by Crippen LogP contribution is -2.29. The Morgan fingerprint density at radius 2 is 0.766 bits per heavy atom. The van der Waals surface area contributed by atoms with Crippen molar-refractivity contribution in [1.29, 1.82) is 0 Å². The van der Waals surface area contributed by atoms with E-state index in [0.717, 1.165) is 38.5 Å². The molecule has 0 spiro atoms. The molecular weight excluding hydrogens is 611 g/mol. The first kappa shape index (κ1) is 46.1. The van der Waals surface area contributed by atoms with Crippen LogP contribution in [0.25, 0.3) is 0 Å². The van der Waals surface area contributed by atoms with Gasteiger partial charge in [-0.25, -0.2) is 0 Å². The van der Waals surface area contributed by atoms with E-state index >= 15 is 0 Å². The predicted molar refractivity (Wildman–Crippen MR) is 197 cm³/mol. The number of hydrogen-bond donors (Lipinski definition) is 1. The van der Waals surface area contributed by atoms with E-state index in [-0.39, 0.29) is 31.6 Å². The van der Waals surface area contributed by atoms with E-state index in [1.54, 1.807) is 0 Å². The fourth-order valence-corrected chi connectivity index (χ4v) is 6.39. The molecule has 0 aliphatic heterocycles. The van der Waals surface area contributed by atoms with Crippen LogP contribution in [0.3, 0.4) is 0 Å². The summed E-state index contributed by atoms with van der Waals surface area (Å²) in [5.74, 6) is -0.718. The average molecular weight is 689 g/mol. The van der Waals surface area contributed by atoms with Crippen LogP contribution >= 0.6 is 8.25 Å². The molecule has 2 atom stereocenters. The fourth-order valence-electron chi connectivity index (χ4n) is 6.06. The van der Waals surface area contributed by atoms with Crippen molar-refractivity contribution < 1.29 is 33.0 Å². The summed E-state index contributed by atoms with van der Waals surface area (Å²) in [7, 11) is -3.16. The number of ether oxygens (including phenoxy) is 2. The second-order valence-electron chi connectivity index (χ2n) is 13.8. The normalized spacial score (nSPS) is 12.7. The Bertz CT molecular complexity index is 703. The van der Waals surface area contributed by atoms with Gasteiger partial charge in [0.25, 0.3) is 0 Å². The third kappa shape index (κ3) is 37.8. The number of rotatable bonds is 38. The van der Waals surface area contributed by atoms with Gasteiger partial charge < -0.3 is 18.9 Å². The second-order valence-corrected chi connectivity index (χ2v) is 14.6. The maximum absolute atomic E-state index is 12.4. The van der Waals surface area contributed by atoms with Crippen LogP contribution in [0.4, 0.5) is 0 Å². The average Bonchev–Trinajstić information content (AvgIpc) is 3.05. The number of carbonyl (C=O) groups is 2. The van der Waals surface area contributed by atoms with Crippen molar-refractivity contribution in [2.24, 2.45) is 0 Å². The van der Waals surface area contributed by atoms with Crippen LogP contribution in [-0.2, 0) is 28.2 Å². The molecule has 7 nitrogen and oxygen atoms in total. The van der Waals surface area contributed by atoms with Crippen LogP contribution in [0.5, 0.6) is 0 Å². The van der Waals surface area contributed by atoms with Crippen molar-refractivity contribution in [3.8, 4) is 0 Å². The zero-order chi connectivity index (χ0) is 34.5. The molecule has 0 fully saturated rings. The zero-order valence-electron chi connectivity index (χ0n) is 31.0.